The molecule has 4 nitrogen and oxygen atoms in total. The maximum Gasteiger partial charge on any atom is 0.224 e. The lowest BCUT2D eigenvalue weighted by molar-refractivity contribution is -0.116. The number of rotatable bonds is 5. The van der Waals surface area contributed by atoms with E-state index in [1.54, 1.807) is 6.20 Å². The van der Waals surface area contributed by atoms with E-state index in [1.807, 2.05) is 41.2 Å². The van der Waals surface area contributed by atoms with Gasteiger partial charge in [0.05, 0.1) is 5.69 Å². The molecule has 5 heteroatoms. The van der Waals surface area contributed by atoms with Gasteiger partial charge in [0, 0.05) is 28.9 Å². The number of carbonyl (C=O) groups excluding carboxylic acids is 1. The summed E-state index contributed by atoms with van der Waals surface area (Å²) in [6, 6.07) is 9.64. The van der Waals surface area contributed by atoms with E-state index >= 15 is 0 Å². The average molecular weight is 355 g/mol. The summed E-state index contributed by atoms with van der Waals surface area (Å²) in [5.74, 6) is 0.0475. The molecule has 2 aromatic rings. The predicted octanol–water partition coefficient (Wildman–Crippen LogP) is 2.91. The molecule has 0 aliphatic heterocycles. The van der Waals surface area contributed by atoms with Crippen molar-refractivity contribution in [3.8, 4) is 0 Å². The van der Waals surface area contributed by atoms with Gasteiger partial charge in [0.2, 0.25) is 5.91 Å². The summed E-state index contributed by atoms with van der Waals surface area (Å²) in [6.07, 6.45) is 4.94. The van der Waals surface area contributed by atoms with Crippen molar-refractivity contribution in [1.29, 1.82) is 0 Å². The van der Waals surface area contributed by atoms with E-state index < -0.39 is 0 Å². The molecule has 18 heavy (non-hydrogen) atoms. The van der Waals surface area contributed by atoms with E-state index in [0.29, 0.717) is 6.42 Å². The first-order valence-electron chi connectivity index (χ1n) is 5.77. The van der Waals surface area contributed by atoms with E-state index in [-0.39, 0.29) is 5.91 Å². The summed E-state index contributed by atoms with van der Waals surface area (Å²) in [5, 5.41) is 7.01. The van der Waals surface area contributed by atoms with Crippen LogP contribution in [0.1, 0.15) is 12.8 Å². The molecule has 2 rings (SSSR count). The molecule has 0 atom stereocenters. The van der Waals surface area contributed by atoms with Gasteiger partial charge in [-0.2, -0.15) is 5.10 Å². The Labute approximate surface area is 120 Å². The van der Waals surface area contributed by atoms with Crippen molar-refractivity contribution in [2.75, 3.05) is 5.32 Å². The Hall–Kier alpha value is -1.37. The number of aromatic nitrogens is 2. The largest absolute Gasteiger partial charge is 0.325 e. The van der Waals surface area contributed by atoms with Crippen molar-refractivity contribution < 1.29 is 4.79 Å². The van der Waals surface area contributed by atoms with Crippen LogP contribution in [0.25, 0.3) is 0 Å². The van der Waals surface area contributed by atoms with E-state index in [4.69, 9.17) is 0 Å². The zero-order chi connectivity index (χ0) is 12.8. The Bertz CT molecular complexity index is 511. The van der Waals surface area contributed by atoms with Crippen LogP contribution in [0.15, 0.2) is 42.7 Å². The fraction of sp³-hybridized carbons (Fsp3) is 0.231. The zero-order valence-corrected chi connectivity index (χ0v) is 12.0. The van der Waals surface area contributed by atoms with Gasteiger partial charge >= 0.3 is 0 Å². The molecule has 1 amide bonds. The monoisotopic (exact) mass is 355 g/mol. The Morgan fingerprint density at radius 3 is 2.89 bits per heavy atom. The van der Waals surface area contributed by atoms with Gasteiger partial charge in [0.15, 0.2) is 0 Å². The fourth-order valence-electron chi connectivity index (χ4n) is 1.61. The number of benzene rings is 1. The summed E-state index contributed by atoms with van der Waals surface area (Å²) >= 11 is 2.21. The van der Waals surface area contributed by atoms with Crippen LogP contribution in [0, 0.1) is 3.57 Å². The van der Waals surface area contributed by atoms with Crippen LogP contribution in [0.3, 0.4) is 0 Å². The molecule has 1 aromatic carbocycles. The van der Waals surface area contributed by atoms with Crippen LogP contribution in [-0.4, -0.2) is 15.7 Å². The van der Waals surface area contributed by atoms with E-state index in [2.05, 4.69) is 33.0 Å². The van der Waals surface area contributed by atoms with Crippen LogP contribution in [-0.2, 0) is 11.3 Å². The zero-order valence-electron chi connectivity index (χ0n) is 9.84. The molecule has 0 saturated heterocycles. The summed E-state index contributed by atoms with van der Waals surface area (Å²) in [6.45, 7) is 0.770. The van der Waals surface area contributed by atoms with E-state index in [9.17, 15) is 4.79 Å². The minimum absolute atomic E-state index is 0.0475. The molecule has 0 aliphatic rings. The number of hydrogen-bond acceptors (Lipinski definition) is 2. The summed E-state index contributed by atoms with van der Waals surface area (Å²) in [5.41, 5.74) is 0.877. The molecule has 94 valence electrons. The number of nitrogens with one attached hydrogen (secondary N) is 1. The lowest BCUT2D eigenvalue weighted by atomic mass is 10.2. The molecule has 0 radical (unpaired) electrons. The first kappa shape index (κ1) is 13.1. The van der Waals surface area contributed by atoms with Crippen LogP contribution >= 0.6 is 22.6 Å². The number of carbonyl (C=O) groups is 1. The van der Waals surface area contributed by atoms with Crippen LogP contribution < -0.4 is 5.32 Å². The number of hydrogen-bond donors (Lipinski definition) is 1. The minimum atomic E-state index is 0.0475. The minimum Gasteiger partial charge on any atom is -0.325 e. The number of anilines is 1. The van der Waals surface area contributed by atoms with Gasteiger partial charge in [-0.15, -0.1) is 0 Å². The molecule has 0 unspecified atom stereocenters. The molecule has 0 fully saturated rings. The Balaban J connectivity index is 1.77. The van der Waals surface area contributed by atoms with Gasteiger partial charge in [-0.05, 0) is 47.2 Å². The summed E-state index contributed by atoms with van der Waals surface area (Å²) in [7, 11) is 0. The molecule has 0 saturated carbocycles. The lowest BCUT2D eigenvalue weighted by Gasteiger charge is -2.07. The Morgan fingerprint density at radius 1 is 1.33 bits per heavy atom. The summed E-state index contributed by atoms with van der Waals surface area (Å²) < 4.78 is 2.88. The van der Waals surface area contributed by atoms with E-state index in [1.165, 1.54) is 0 Å². The SMILES string of the molecule is O=C(CCCn1cccn1)Nc1ccccc1I. The second kappa shape index (κ2) is 6.53. The molecule has 1 aromatic heterocycles. The quantitative estimate of drug-likeness (QED) is 0.839. The third-order valence-electron chi connectivity index (χ3n) is 2.50. The first-order valence-corrected chi connectivity index (χ1v) is 6.85. The van der Waals surface area contributed by atoms with Crippen molar-refractivity contribution in [3.63, 3.8) is 0 Å². The third-order valence-corrected chi connectivity index (χ3v) is 3.44. The van der Waals surface area contributed by atoms with Gasteiger partial charge in [0.1, 0.15) is 0 Å². The van der Waals surface area contributed by atoms with Crippen molar-refractivity contribution >= 4 is 34.2 Å². The van der Waals surface area contributed by atoms with Crippen molar-refractivity contribution in [3.05, 3.63) is 46.3 Å². The molecule has 0 bridgehead atoms. The Morgan fingerprint density at radius 2 is 2.17 bits per heavy atom. The molecule has 1 heterocycles. The molecule has 1 N–H and O–H groups in total. The van der Waals surface area contributed by atoms with E-state index in [0.717, 1.165) is 22.2 Å². The predicted molar refractivity (Wildman–Crippen MR) is 79.2 cm³/mol. The average Bonchev–Trinajstić information content (AvgIpc) is 2.85. The molecular formula is C13H14IN3O. The summed E-state index contributed by atoms with van der Waals surface area (Å²) in [4.78, 5) is 11.7. The normalized spacial score (nSPS) is 10.3. The van der Waals surface area contributed by atoms with Crippen molar-refractivity contribution in [1.82, 2.24) is 9.78 Å². The molecular weight excluding hydrogens is 341 g/mol. The maximum atomic E-state index is 11.7. The second-order valence-electron chi connectivity index (χ2n) is 3.90. The van der Waals surface area contributed by atoms with Crippen LogP contribution in [0.4, 0.5) is 5.69 Å². The van der Waals surface area contributed by atoms with Gasteiger partial charge < -0.3 is 5.32 Å². The smallest absolute Gasteiger partial charge is 0.224 e. The second-order valence-corrected chi connectivity index (χ2v) is 5.06. The van der Waals surface area contributed by atoms with Gasteiger partial charge in [-0.25, -0.2) is 0 Å². The van der Waals surface area contributed by atoms with Gasteiger partial charge in [0.25, 0.3) is 0 Å². The molecule has 0 aliphatic carbocycles. The highest BCUT2D eigenvalue weighted by molar-refractivity contribution is 14.1. The van der Waals surface area contributed by atoms with Crippen molar-refractivity contribution in [2.45, 2.75) is 19.4 Å². The Kier molecular flexibility index (Phi) is 4.74. The topological polar surface area (TPSA) is 46.9 Å². The van der Waals surface area contributed by atoms with Crippen LogP contribution in [0.2, 0.25) is 0 Å². The van der Waals surface area contributed by atoms with Crippen LogP contribution in [0.5, 0.6) is 0 Å². The maximum absolute atomic E-state index is 11.7. The number of nitrogens with zero attached hydrogens (tertiary/aromatic N) is 2. The number of aryl methyl sites for hydroxylation is 1. The highest BCUT2D eigenvalue weighted by Crippen LogP contribution is 2.17. The highest BCUT2D eigenvalue weighted by Gasteiger charge is 2.04. The number of halogens is 1. The van der Waals surface area contributed by atoms with Gasteiger partial charge in [-0.1, -0.05) is 12.1 Å². The van der Waals surface area contributed by atoms with Gasteiger partial charge in [-0.3, -0.25) is 9.48 Å². The standard InChI is InChI=1S/C13H14IN3O/c14-11-5-1-2-6-12(11)16-13(18)7-3-9-17-10-4-8-15-17/h1-2,4-6,8,10H,3,7,9H2,(H,16,18). The van der Waals surface area contributed by atoms with Crippen molar-refractivity contribution in [2.24, 2.45) is 0 Å². The number of para-hydroxylation sites is 1. The molecule has 0 spiro atoms. The highest BCUT2D eigenvalue weighted by atomic mass is 127. The third kappa shape index (κ3) is 3.83. The number of amides is 1. The first-order chi connectivity index (χ1) is 8.75. The lowest BCUT2D eigenvalue weighted by Crippen LogP contribution is -2.13. The fourth-order valence-corrected chi connectivity index (χ4v) is 2.13.